The van der Waals surface area contributed by atoms with Gasteiger partial charge in [0.1, 0.15) is 0 Å². The van der Waals surface area contributed by atoms with Crippen LogP contribution in [0.2, 0.25) is 0 Å². The summed E-state index contributed by atoms with van der Waals surface area (Å²) < 4.78 is 5.37. The second-order valence-corrected chi connectivity index (χ2v) is 4.51. The molecule has 1 aliphatic heterocycles. The number of benzene rings is 1. The summed E-state index contributed by atoms with van der Waals surface area (Å²) in [4.78, 5) is 23.1. The summed E-state index contributed by atoms with van der Waals surface area (Å²) in [5.74, 6) is -1.21. The topological polar surface area (TPSA) is 67.4 Å². The van der Waals surface area contributed by atoms with Gasteiger partial charge in [0.05, 0.1) is 6.10 Å². The summed E-state index contributed by atoms with van der Waals surface area (Å²) in [5.41, 5.74) is 0.961. The number of amides is 2. The van der Waals surface area contributed by atoms with Gasteiger partial charge in [0.15, 0.2) is 0 Å². The number of carbonyl (C=O) groups is 2. The fraction of sp³-hybridized carbons (Fsp3) is 0.429. The molecule has 0 aromatic heterocycles. The van der Waals surface area contributed by atoms with Gasteiger partial charge in [-0.2, -0.15) is 0 Å². The smallest absolute Gasteiger partial charge is 0.309 e. The highest BCUT2D eigenvalue weighted by atomic mass is 16.5. The highest BCUT2D eigenvalue weighted by Crippen LogP contribution is 2.10. The molecule has 5 nitrogen and oxygen atoms in total. The van der Waals surface area contributed by atoms with Crippen LogP contribution in [0.25, 0.3) is 0 Å². The lowest BCUT2D eigenvalue weighted by atomic mass is 10.2. The SMILES string of the molecule is O=C(NCc1ccccc1)C(=O)NC[C@@H]1CCCO1. The number of ether oxygens (including phenoxy) is 1. The summed E-state index contributed by atoms with van der Waals surface area (Å²) in [6, 6.07) is 9.47. The van der Waals surface area contributed by atoms with E-state index in [1.807, 2.05) is 30.3 Å². The molecule has 0 saturated carbocycles. The first-order valence-electron chi connectivity index (χ1n) is 6.47. The van der Waals surface area contributed by atoms with E-state index in [0.29, 0.717) is 13.1 Å². The van der Waals surface area contributed by atoms with Crippen LogP contribution in [-0.4, -0.2) is 31.1 Å². The Labute approximate surface area is 112 Å². The lowest BCUT2D eigenvalue weighted by Gasteiger charge is -2.10. The molecule has 0 bridgehead atoms. The minimum absolute atomic E-state index is 0.0471. The molecule has 1 aromatic rings. The monoisotopic (exact) mass is 262 g/mol. The summed E-state index contributed by atoms with van der Waals surface area (Å²) in [6.07, 6.45) is 2.00. The summed E-state index contributed by atoms with van der Waals surface area (Å²) in [7, 11) is 0. The molecule has 1 saturated heterocycles. The van der Waals surface area contributed by atoms with Gasteiger partial charge >= 0.3 is 11.8 Å². The van der Waals surface area contributed by atoms with Crippen molar-refractivity contribution in [1.82, 2.24) is 10.6 Å². The maximum atomic E-state index is 11.6. The zero-order valence-electron chi connectivity index (χ0n) is 10.7. The highest BCUT2D eigenvalue weighted by molar-refractivity contribution is 6.35. The van der Waals surface area contributed by atoms with Crippen molar-refractivity contribution in [2.45, 2.75) is 25.5 Å². The van der Waals surface area contributed by atoms with E-state index in [1.54, 1.807) is 0 Å². The van der Waals surface area contributed by atoms with Crippen LogP contribution in [0, 0.1) is 0 Å². The third-order valence-corrected chi connectivity index (χ3v) is 3.02. The van der Waals surface area contributed by atoms with Crippen molar-refractivity contribution in [2.75, 3.05) is 13.2 Å². The molecule has 102 valence electrons. The van der Waals surface area contributed by atoms with E-state index < -0.39 is 11.8 Å². The third-order valence-electron chi connectivity index (χ3n) is 3.02. The molecule has 0 spiro atoms. The van der Waals surface area contributed by atoms with E-state index in [-0.39, 0.29) is 6.10 Å². The maximum absolute atomic E-state index is 11.6. The van der Waals surface area contributed by atoms with Crippen molar-refractivity contribution in [1.29, 1.82) is 0 Å². The first-order valence-corrected chi connectivity index (χ1v) is 6.47. The molecule has 1 heterocycles. The Morgan fingerprint density at radius 1 is 1.16 bits per heavy atom. The molecule has 0 radical (unpaired) electrons. The van der Waals surface area contributed by atoms with Crippen LogP contribution in [0.3, 0.4) is 0 Å². The zero-order valence-corrected chi connectivity index (χ0v) is 10.7. The first-order chi connectivity index (χ1) is 9.25. The van der Waals surface area contributed by atoms with Crippen LogP contribution in [-0.2, 0) is 20.9 Å². The van der Waals surface area contributed by atoms with Gasteiger partial charge in [-0.1, -0.05) is 30.3 Å². The molecule has 2 rings (SSSR count). The molecule has 1 atom stereocenters. The Bertz CT molecular complexity index is 428. The van der Waals surface area contributed by atoms with E-state index in [2.05, 4.69) is 10.6 Å². The normalized spacial score (nSPS) is 18.0. The minimum atomic E-state index is -0.609. The van der Waals surface area contributed by atoms with Crippen molar-refractivity contribution < 1.29 is 14.3 Å². The number of rotatable bonds is 4. The predicted octanol–water partition coefficient (Wildman–Crippen LogP) is 0.598. The van der Waals surface area contributed by atoms with E-state index in [9.17, 15) is 9.59 Å². The van der Waals surface area contributed by atoms with Gasteiger partial charge < -0.3 is 15.4 Å². The molecule has 0 aliphatic carbocycles. The first kappa shape index (κ1) is 13.5. The van der Waals surface area contributed by atoms with Gasteiger partial charge in [-0.3, -0.25) is 9.59 Å². The van der Waals surface area contributed by atoms with Gasteiger partial charge in [0.25, 0.3) is 0 Å². The fourth-order valence-corrected chi connectivity index (χ4v) is 1.95. The van der Waals surface area contributed by atoms with Crippen LogP contribution < -0.4 is 10.6 Å². The van der Waals surface area contributed by atoms with Gasteiger partial charge in [0.2, 0.25) is 0 Å². The molecule has 19 heavy (non-hydrogen) atoms. The van der Waals surface area contributed by atoms with Crippen LogP contribution >= 0.6 is 0 Å². The zero-order chi connectivity index (χ0) is 13.5. The second kappa shape index (κ2) is 6.89. The summed E-state index contributed by atoms with van der Waals surface area (Å²) in [5, 5.41) is 5.17. The molecule has 1 fully saturated rings. The number of hydrogen-bond donors (Lipinski definition) is 2. The lowest BCUT2D eigenvalue weighted by Crippen LogP contribution is -2.42. The predicted molar refractivity (Wildman–Crippen MR) is 70.3 cm³/mol. The quantitative estimate of drug-likeness (QED) is 0.781. The Hall–Kier alpha value is -1.88. The Balaban J connectivity index is 1.68. The van der Waals surface area contributed by atoms with Crippen molar-refractivity contribution >= 4 is 11.8 Å². The van der Waals surface area contributed by atoms with Crippen LogP contribution in [0.5, 0.6) is 0 Å². The Morgan fingerprint density at radius 2 is 1.89 bits per heavy atom. The van der Waals surface area contributed by atoms with E-state index in [1.165, 1.54) is 0 Å². The number of nitrogens with one attached hydrogen (secondary N) is 2. The average molecular weight is 262 g/mol. The van der Waals surface area contributed by atoms with Crippen molar-refractivity contribution in [3.8, 4) is 0 Å². The minimum Gasteiger partial charge on any atom is -0.376 e. The molecule has 5 heteroatoms. The van der Waals surface area contributed by atoms with Crippen LogP contribution in [0.1, 0.15) is 18.4 Å². The third kappa shape index (κ3) is 4.37. The van der Waals surface area contributed by atoms with E-state index in [0.717, 1.165) is 25.0 Å². The van der Waals surface area contributed by atoms with Gasteiger partial charge in [-0.15, -0.1) is 0 Å². The largest absolute Gasteiger partial charge is 0.376 e. The fourth-order valence-electron chi connectivity index (χ4n) is 1.95. The van der Waals surface area contributed by atoms with E-state index in [4.69, 9.17) is 4.74 Å². The second-order valence-electron chi connectivity index (χ2n) is 4.51. The standard InChI is InChI=1S/C14H18N2O3/c17-13(15-9-11-5-2-1-3-6-11)14(18)16-10-12-7-4-8-19-12/h1-3,5-6,12H,4,7-10H2,(H,15,17)(H,16,18)/t12-/m0/s1. The summed E-state index contributed by atoms with van der Waals surface area (Å²) >= 11 is 0. The van der Waals surface area contributed by atoms with Crippen LogP contribution in [0.4, 0.5) is 0 Å². The Kier molecular flexibility index (Phi) is 4.92. The average Bonchev–Trinajstić information content (AvgIpc) is 2.96. The molecule has 1 aromatic carbocycles. The number of hydrogen-bond acceptors (Lipinski definition) is 3. The van der Waals surface area contributed by atoms with Gasteiger partial charge in [-0.05, 0) is 18.4 Å². The lowest BCUT2D eigenvalue weighted by molar-refractivity contribution is -0.139. The summed E-state index contributed by atoms with van der Waals surface area (Å²) in [6.45, 7) is 1.49. The molecule has 0 unspecified atom stereocenters. The molecule has 2 N–H and O–H groups in total. The maximum Gasteiger partial charge on any atom is 0.309 e. The molecule has 1 aliphatic rings. The van der Waals surface area contributed by atoms with Crippen molar-refractivity contribution in [3.05, 3.63) is 35.9 Å². The molecular weight excluding hydrogens is 244 g/mol. The molecule has 2 amide bonds. The number of carbonyl (C=O) groups excluding carboxylic acids is 2. The highest BCUT2D eigenvalue weighted by Gasteiger charge is 2.18. The van der Waals surface area contributed by atoms with E-state index >= 15 is 0 Å². The van der Waals surface area contributed by atoms with Crippen LogP contribution in [0.15, 0.2) is 30.3 Å². The van der Waals surface area contributed by atoms with Crippen molar-refractivity contribution in [2.24, 2.45) is 0 Å². The Morgan fingerprint density at radius 3 is 2.58 bits per heavy atom. The molecular formula is C14H18N2O3. The van der Waals surface area contributed by atoms with Crippen molar-refractivity contribution in [3.63, 3.8) is 0 Å². The van der Waals surface area contributed by atoms with Gasteiger partial charge in [0, 0.05) is 19.7 Å². The van der Waals surface area contributed by atoms with Gasteiger partial charge in [-0.25, -0.2) is 0 Å².